The standard InChI is InChI=1S/C30H24N8O2S/c1-17-23(41-19(3)33-17)14-13-20-9-7-12-22-24(20)30(40)38(21-10-5-4-6-11-21)27(35-22)18(2)34-29(39)25-26(31)36-37-16-8-15-32-28(25)37/h4-12,15-16,18H,1-3H3,(H2,31,36)(H,34,39). The van der Waals surface area contributed by atoms with Gasteiger partial charge in [-0.1, -0.05) is 30.2 Å². The average Bonchev–Trinajstić information content (AvgIpc) is 3.48. The summed E-state index contributed by atoms with van der Waals surface area (Å²) in [6.07, 6.45) is 3.22. The van der Waals surface area contributed by atoms with Gasteiger partial charge in [0.25, 0.3) is 11.5 Å². The van der Waals surface area contributed by atoms with E-state index in [9.17, 15) is 9.59 Å². The Bertz CT molecular complexity index is 2080. The quantitative estimate of drug-likeness (QED) is 0.312. The van der Waals surface area contributed by atoms with Crippen molar-refractivity contribution in [1.82, 2.24) is 34.4 Å². The van der Waals surface area contributed by atoms with Gasteiger partial charge in [-0.15, -0.1) is 16.4 Å². The van der Waals surface area contributed by atoms with Crippen LogP contribution in [0.5, 0.6) is 0 Å². The summed E-state index contributed by atoms with van der Waals surface area (Å²) in [7, 11) is 0. The molecule has 11 heteroatoms. The Kier molecular flexibility index (Phi) is 6.53. The monoisotopic (exact) mass is 560 g/mol. The number of hydrogen-bond donors (Lipinski definition) is 2. The van der Waals surface area contributed by atoms with Crippen molar-refractivity contribution in [2.45, 2.75) is 26.8 Å². The Hall–Kier alpha value is -5.34. The second kappa shape index (κ2) is 10.3. The predicted octanol–water partition coefficient (Wildman–Crippen LogP) is 3.97. The summed E-state index contributed by atoms with van der Waals surface area (Å²) in [5, 5.41) is 8.43. The first-order valence-corrected chi connectivity index (χ1v) is 13.6. The normalized spacial score (nSPS) is 11.8. The predicted molar refractivity (Wildman–Crippen MR) is 158 cm³/mol. The number of aromatic nitrogens is 6. The number of nitrogens with two attached hydrogens (primary N) is 1. The van der Waals surface area contributed by atoms with E-state index in [1.807, 2.05) is 56.3 Å². The van der Waals surface area contributed by atoms with E-state index in [2.05, 4.69) is 32.2 Å². The van der Waals surface area contributed by atoms with E-state index in [0.717, 1.165) is 15.6 Å². The third-order valence-electron chi connectivity index (χ3n) is 6.54. The van der Waals surface area contributed by atoms with Crippen LogP contribution in [0, 0.1) is 25.7 Å². The lowest BCUT2D eigenvalue weighted by molar-refractivity contribution is 0.0940. The Morgan fingerprint density at radius 1 is 1.05 bits per heavy atom. The molecule has 0 fully saturated rings. The molecule has 41 heavy (non-hydrogen) atoms. The van der Waals surface area contributed by atoms with Crippen LogP contribution in [0.15, 0.2) is 71.8 Å². The van der Waals surface area contributed by atoms with E-state index >= 15 is 0 Å². The van der Waals surface area contributed by atoms with E-state index in [4.69, 9.17) is 10.7 Å². The van der Waals surface area contributed by atoms with Crippen LogP contribution in [0.3, 0.4) is 0 Å². The van der Waals surface area contributed by atoms with Crippen LogP contribution < -0.4 is 16.6 Å². The molecule has 0 aliphatic rings. The average molecular weight is 561 g/mol. The number of nitrogens with one attached hydrogen (secondary N) is 1. The Labute approximate surface area is 238 Å². The molecule has 0 aliphatic carbocycles. The van der Waals surface area contributed by atoms with Crippen LogP contribution in [-0.2, 0) is 0 Å². The molecule has 0 spiro atoms. The maximum absolute atomic E-state index is 14.2. The molecule has 2 aromatic carbocycles. The van der Waals surface area contributed by atoms with Crippen molar-refractivity contribution >= 4 is 39.6 Å². The first kappa shape index (κ1) is 25.9. The van der Waals surface area contributed by atoms with Crippen LogP contribution in [0.25, 0.3) is 22.2 Å². The van der Waals surface area contributed by atoms with E-state index < -0.39 is 11.9 Å². The topological polar surface area (TPSA) is 133 Å². The highest BCUT2D eigenvalue weighted by molar-refractivity contribution is 7.12. The summed E-state index contributed by atoms with van der Waals surface area (Å²) >= 11 is 1.51. The van der Waals surface area contributed by atoms with Crippen molar-refractivity contribution in [3.8, 4) is 17.5 Å². The van der Waals surface area contributed by atoms with Crippen molar-refractivity contribution < 1.29 is 4.79 Å². The summed E-state index contributed by atoms with van der Waals surface area (Å²) in [5.41, 5.74) is 8.75. The number of carbonyl (C=O) groups is 1. The van der Waals surface area contributed by atoms with E-state index in [0.29, 0.717) is 33.6 Å². The minimum Gasteiger partial charge on any atom is -0.381 e. The third kappa shape index (κ3) is 4.70. The van der Waals surface area contributed by atoms with Gasteiger partial charge in [-0.2, -0.15) is 0 Å². The highest BCUT2D eigenvalue weighted by Gasteiger charge is 2.24. The number of nitrogen functional groups attached to an aromatic ring is 1. The van der Waals surface area contributed by atoms with E-state index in [1.54, 1.807) is 31.5 Å². The maximum Gasteiger partial charge on any atom is 0.267 e. The first-order chi connectivity index (χ1) is 19.8. The molecule has 0 saturated carbocycles. The molecule has 4 heterocycles. The fourth-order valence-electron chi connectivity index (χ4n) is 4.69. The summed E-state index contributed by atoms with van der Waals surface area (Å²) in [6.45, 7) is 5.61. The molecule has 6 aromatic rings. The van der Waals surface area contributed by atoms with Gasteiger partial charge in [0.05, 0.1) is 33.3 Å². The van der Waals surface area contributed by atoms with Crippen molar-refractivity contribution in [2.75, 3.05) is 5.73 Å². The number of rotatable bonds is 4. The van der Waals surface area contributed by atoms with Gasteiger partial charge >= 0.3 is 0 Å². The molecule has 1 unspecified atom stereocenters. The highest BCUT2D eigenvalue weighted by atomic mass is 32.1. The van der Waals surface area contributed by atoms with Crippen LogP contribution in [0.1, 0.15) is 50.3 Å². The molecule has 0 aliphatic heterocycles. The number of amides is 1. The number of hydrogen-bond acceptors (Lipinski definition) is 8. The zero-order valence-electron chi connectivity index (χ0n) is 22.4. The summed E-state index contributed by atoms with van der Waals surface area (Å²) in [4.78, 5) is 42.0. The molecule has 4 aromatic heterocycles. The van der Waals surface area contributed by atoms with Crippen LogP contribution in [-0.4, -0.2) is 35.0 Å². The van der Waals surface area contributed by atoms with Gasteiger partial charge in [0.2, 0.25) is 0 Å². The molecule has 6 rings (SSSR count). The molecular weight excluding hydrogens is 536 g/mol. The van der Waals surface area contributed by atoms with Crippen molar-refractivity contribution in [2.24, 2.45) is 0 Å². The minimum absolute atomic E-state index is 0.0508. The fraction of sp³-hybridized carbons (Fsp3) is 0.133. The van der Waals surface area contributed by atoms with Crippen molar-refractivity contribution in [3.05, 3.63) is 110 Å². The molecular formula is C30H24N8O2S. The highest BCUT2D eigenvalue weighted by Crippen LogP contribution is 2.23. The molecule has 0 bridgehead atoms. The second-order valence-corrected chi connectivity index (χ2v) is 10.6. The summed E-state index contributed by atoms with van der Waals surface area (Å²) < 4.78 is 2.96. The maximum atomic E-state index is 14.2. The first-order valence-electron chi connectivity index (χ1n) is 12.8. The largest absolute Gasteiger partial charge is 0.381 e. The summed E-state index contributed by atoms with van der Waals surface area (Å²) in [5.74, 6) is 6.27. The number of anilines is 1. The Morgan fingerprint density at radius 3 is 2.61 bits per heavy atom. The Balaban J connectivity index is 1.48. The van der Waals surface area contributed by atoms with Gasteiger partial charge < -0.3 is 11.1 Å². The SMILES string of the molecule is Cc1nc(C)c(C#Cc2cccc3nc(C(C)NC(=O)c4c(N)nn5cccnc45)n(-c4ccccc4)c(=O)c23)s1. The van der Waals surface area contributed by atoms with Crippen LogP contribution >= 0.6 is 11.3 Å². The lowest BCUT2D eigenvalue weighted by Crippen LogP contribution is -2.33. The number of para-hydroxylation sites is 1. The third-order valence-corrected chi connectivity index (χ3v) is 7.52. The summed E-state index contributed by atoms with van der Waals surface area (Å²) in [6, 6.07) is 15.6. The molecule has 202 valence electrons. The number of benzene rings is 2. The number of carbonyl (C=O) groups excluding carboxylic acids is 1. The van der Waals surface area contributed by atoms with Gasteiger partial charge in [0, 0.05) is 18.0 Å². The number of fused-ring (bicyclic) bond motifs is 2. The van der Waals surface area contributed by atoms with E-state index in [-0.39, 0.29) is 16.9 Å². The van der Waals surface area contributed by atoms with Gasteiger partial charge in [-0.3, -0.25) is 14.2 Å². The molecule has 3 N–H and O–H groups in total. The molecule has 10 nitrogen and oxygen atoms in total. The van der Waals surface area contributed by atoms with E-state index in [1.165, 1.54) is 20.4 Å². The van der Waals surface area contributed by atoms with Gasteiger partial charge in [0.15, 0.2) is 11.5 Å². The molecule has 1 amide bonds. The zero-order chi connectivity index (χ0) is 28.7. The van der Waals surface area contributed by atoms with Crippen molar-refractivity contribution in [3.63, 3.8) is 0 Å². The minimum atomic E-state index is -0.685. The number of thiazole rings is 1. The fourth-order valence-corrected chi connectivity index (χ4v) is 5.47. The van der Waals surface area contributed by atoms with Gasteiger partial charge in [-0.05, 0) is 57.0 Å². The number of nitrogens with zero attached hydrogens (tertiary/aromatic N) is 6. The lowest BCUT2D eigenvalue weighted by Gasteiger charge is -2.20. The second-order valence-electron chi connectivity index (χ2n) is 9.39. The van der Waals surface area contributed by atoms with Gasteiger partial charge in [0.1, 0.15) is 16.3 Å². The van der Waals surface area contributed by atoms with Crippen LogP contribution in [0.2, 0.25) is 0 Å². The lowest BCUT2D eigenvalue weighted by atomic mass is 10.1. The molecule has 0 radical (unpaired) electrons. The Morgan fingerprint density at radius 2 is 1.85 bits per heavy atom. The smallest absolute Gasteiger partial charge is 0.267 e. The number of aryl methyl sites for hydroxylation is 2. The zero-order valence-corrected chi connectivity index (χ0v) is 23.2. The van der Waals surface area contributed by atoms with Gasteiger partial charge in [-0.25, -0.2) is 19.5 Å². The molecule has 0 saturated heterocycles. The van der Waals surface area contributed by atoms with Crippen molar-refractivity contribution in [1.29, 1.82) is 0 Å². The molecule has 1 atom stereocenters. The van der Waals surface area contributed by atoms with Crippen LogP contribution in [0.4, 0.5) is 5.82 Å².